The SMILES string of the molecule is c1ccc(-c2nc(-c3cccc(-c4cc(-c5ccccc5)c(-c5ccccc5)c(-c5ccccc5)c4-c4ccccc4)c3)cc(-c3ccc4ccccc4c3)n2)cc1. The van der Waals surface area contributed by atoms with Gasteiger partial charge in [0.1, 0.15) is 0 Å². The third kappa shape index (κ3) is 6.78. The molecule has 0 aliphatic heterocycles. The Hall–Kier alpha value is -7.68. The van der Waals surface area contributed by atoms with E-state index in [1.54, 1.807) is 0 Å². The molecule has 0 bridgehead atoms. The molecule has 0 radical (unpaired) electrons. The van der Waals surface area contributed by atoms with E-state index in [9.17, 15) is 0 Å². The van der Waals surface area contributed by atoms with Crippen LogP contribution in [0.25, 0.3) is 100 Å². The van der Waals surface area contributed by atoms with Crippen LogP contribution in [0, 0.1) is 0 Å². The maximum absolute atomic E-state index is 5.25. The van der Waals surface area contributed by atoms with Crippen molar-refractivity contribution in [1.82, 2.24) is 9.97 Å². The summed E-state index contributed by atoms with van der Waals surface area (Å²) in [7, 11) is 0. The Bertz CT molecular complexity index is 3010. The molecule has 0 fully saturated rings. The first kappa shape index (κ1) is 34.8. The van der Waals surface area contributed by atoms with Gasteiger partial charge in [0.15, 0.2) is 5.82 Å². The summed E-state index contributed by atoms with van der Waals surface area (Å²) in [5.41, 5.74) is 16.5. The molecule has 1 aromatic heterocycles. The summed E-state index contributed by atoms with van der Waals surface area (Å²) in [5, 5.41) is 2.38. The highest BCUT2D eigenvalue weighted by molar-refractivity contribution is 6.07. The fourth-order valence-corrected chi connectivity index (χ4v) is 8.11. The van der Waals surface area contributed by atoms with E-state index in [1.807, 2.05) is 18.2 Å². The van der Waals surface area contributed by atoms with Gasteiger partial charge in [0.05, 0.1) is 11.4 Å². The number of aromatic nitrogens is 2. The lowest BCUT2D eigenvalue weighted by atomic mass is 9.78. The van der Waals surface area contributed by atoms with Crippen LogP contribution >= 0.6 is 0 Å². The quantitative estimate of drug-likeness (QED) is 0.155. The van der Waals surface area contributed by atoms with Crippen LogP contribution in [0.4, 0.5) is 0 Å². The lowest BCUT2D eigenvalue weighted by molar-refractivity contribution is 1.18. The molecular formula is C56H38N2. The molecule has 0 saturated carbocycles. The number of nitrogens with zero attached hydrogens (tertiary/aromatic N) is 2. The highest BCUT2D eigenvalue weighted by atomic mass is 14.9. The molecule has 2 nitrogen and oxygen atoms in total. The maximum atomic E-state index is 5.25. The van der Waals surface area contributed by atoms with Crippen molar-refractivity contribution in [2.75, 3.05) is 0 Å². The van der Waals surface area contributed by atoms with Gasteiger partial charge in [0.2, 0.25) is 0 Å². The van der Waals surface area contributed by atoms with Crippen LogP contribution < -0.4 is 0 Å². The molecule has 2 heteroatoms. The van der Waals surface area contributed by atoms with Crippen LogP contribution in [0.1, 0.15) is 0 Å². The first-order valence-electron chi connectivity index (χ1n) is 19.7. The Morgan fingerprint density at radius 1 is 0.224 bits per heavy atom. The number of hydrogen-bond acceptors (Lipinski definition) is 2. The molecule has 58 heavy (non-hydrogen) atoms. The van der Waals surface area contributed by atoms with E-state index in [4.69, 9.17) is 9.97 Å². The third-order valence-corrected chi connectivity index (χ3v) is 10.9. The fourth-order valence-electron chi connectivity index (χ4n) is 8.11. The van der Waals surface area contributed by atoms with Crippen LogP contribution in [0.3, 0.4) is 0 Å². The molecule has 10 aromatic rings. The number of benzene rings is 9. The molecule has 272 valence electrons. The Morgan fingerprint density at radius 3 is 1.21 bits per heavy atom. The largest absolute Gasteiger partial charge is 0.228 e. The number of hydrogen-bond donors (Lipinski definition) is 0. The second-order valence-corrected chi connectivity index (χ2v) is 14.5. The standard InChI is InChI=1S/C56H38N2/c1-6-20-40(21-7-1)49-37-50(54(42-24-10-3-11-25-42)55(43-26-12-4-13-27-43)53(49)41-22-8-2-9-23-41)46-31-18-32-47(36-46)51-38-52(58-56(57-51)44-28-14-5-15-29-44)48-34-33-39-19-16-17-30-45(39)35-48/h1-38H. The van der Waals surface area contributed by atoms with E-state index in [2.05, 4.69) is 212 Å². The van der Waals surface area contributed by atoms with E-state index in [0.29, 0.717) is 5.82 Å². The van der Waals surface area contributed by atoms with E-state index >= 15 is 0 Å². The molecular weight excluding hydrogens is 701 g/mol. The van der Waals surface area contributed by atoms with E-state index in [-0.39, 0.29) is 0 Å². The van der Waals surface area contributed by atoms with Gasteiger partial charge in [-0.05, 0) is 90.7 Å². The smallest absolute Gasteiger partial charge is 0.160 e. The zero-order chi connectivity index (χ0) is 38.7. The van der Waals surface area contributed by atoms with E-state index in [0.717, 1.165) is 44.8 Å². The van der Waals surface area contributed by atoms with Crippen molar-refractivity contribution < 1.29 is 0 Å². The van der Waals surface area contributed by atoms with Crippen molar-refractivity contribution in [1.29, 1.82) is 0 Å². The first-order valence-corrected chi connectivity index (χ1v) is 19.7. The summed E-state index contributed by atoms with van der Waals surface area (Å²) in [6.45, 7) is 0. The summed E-state index contributed by atoms with van der Waals surface area (Å²) in [6, 6.07) is 82.0. The summed E-state index contributed by atoms with van der Waals surface area (Å²) < 4.78 is 0. The fraction of sp³-hybridized carbons (Fsp3) is 0. The molecule has 0 atom stereocenters. The lowest BCUT2D eigenvalue weighted by Gasteiger charge is -2.24. The molecule has 0 amide bonds. The van der Waals surface area contributed by atoms with Crippen molar-refractivity contribution in [3.63, 3.8) is 0 Å². The van der Waals surface area contributed by atoms with E-state index < -0.39 is 0 Å². The predicted molar refractivity (Wildman–Crippen MR) is 243 cm³/mol. The molecule has 0 spiro atoms. The summed E-state index contributed by atoms with van der Waals surface area (Å²) >= 11 is 0. The minimum absolute atomic E-state index is 0.696. The zero-order valence-corrected chi connectivity index (χ0v) is 31.8. The monoisotopic (exact) mass is 738 g/mol. The summed E-state index contributed by atoms with van der Waals surface area (Å²) in [5.74, 6) is 0.696. The van der Waals surface area contributed by atoms with Crippen LogP contribution in [-0.2, 0) is 0 Å². The van der Waals surface area contributed by atoms with Gasteiger partial charge in [0.25, 0.3) is 0 Å². The van der Waals surface area contributed by atoms with Gasteiger partial charge in [0, 0.05) is 16.7 Å². The first-order chi connectivity index (χ1) is 28.8. The van der Waals surface area contributed by atoms with Gasteiger partial charge in [-0.1, -0.05) is 206 Å². The van der Waals surface area contributed by atoms with Crippen LogP contribution in [0.5, 0.6) is 0 Å². The molecule has 0 N–H and O–H groups in total. The van der Waals surface area contributed by atoms with Crippen LogP contribution in [-0.4, -0.2) is 9.97 Å². The highest BCUT2D eigenvalue weighted by Crippen LogP contribution is 2.50. The minimum atomic E-state index is 0.696. The van der Waals surface area contributed by atoms with Crippen molar-refractivity contribution in [2.24, 2.45) is 0 Å². The highest BCUT2D eigenvalue weighted by Gasteiger charge is 2.24. The van der Waals surface area contributed by atoms with Crippen molar-refractivity contribution in [3.8, 4) is 89.5 Å². The van der Waals surface area contributed by atoms with E-state index in [1.165, 1.54) is 49.7 Å². The molecule has 9 aromatic carbocycles. The predicted octanol–water partition coefficient (Wildman–Crippen LogP) is 15.0. The Kier molecular flexibility index (Phi) is 9.27. The summed E-state index contributed by atoms with van der Waals surface area (Å²) in [4.78, 5) is 10.4. The van der Waals surface area contributed by atoms with Gasteiger partial charge in [-0.2, -0.15) is 0 Å². The molecule has 0 aliphatic rings. The normalized spacial score (nSPS) is 11.1. The van der Waals surface area contributed by atoms with Gasteiger partial charge in [-0.3, -0.25) is 0 Å². The molecule has 0 saturated heterocycles. The van der Waals surface area contributed by atoms with Crippen LogP contribution in [0.15, 0.2) is 231 Å². The zero-order valence-electron chi connectivity index (χ0n) is 31.8. The Morgan fingerprint density at radius 2 is 0.638 bits per heavy atom. The van der Waals surface area contributed by atoms with Crippen LogP contribution in [0.2, 0.25) is 0 Å². The van der Waals surface area contributed by atoms with Gasteiger partial charge >= 0.3 is 0 Å². The third-order valence-electron chi connectivity index (χ3n) is 10.9. The second kappa shape index (κ2) is 15.5. The van der Waals surface area contributed by atoms with Crippen molar-refractivity contribution >= 4 is 10.8 Å². The van der Waals surface area contributed by atoms with Crippen molar-refractivity contribution in [2.45, 2.75) is 0 Å². The number of rotatable bonds is 8. The molecule has 0 unspecified atom stereocenters. The Balaban J connectivity index is 1.24. The average Bonchev–Trinajstić information content (AvgIpc) is 3.32. The molecule has 1 heterocycles. The van der Waals surface area contributed by atoms with Gasteiger partial charge in [-0.25, -0.2) is 9.97 Å². The topological polar surface area (TPSA) is 25.8 Å². The average molecular weight is 739 g/mol. The second-order valence-electron chi connectivity index (χ2n) is 14.5. The lowest BCUT2D eigenvalue weighted by Crippen LogP contribution is -1.98. The molecule has 0 aliphatic carbocycles. The van der Waals surface area contributed by atoms with Gasteiger partial charge in [-0.15, -0.1) is 0 Å². The maximum Gasteiger partial charge on any atom is 0.160 e. The number of fused-ring (bicyclic) bond motifs is 1. The minimum Gasteiger partial charge on any atom is -0.228 e. The van der Waals surface area contributed by atoms with Gasteiger partial charge < -0.3 is 0 Å². The summed E-state index contributed by atoms with van der Waals surface area (Å²) in [6.07, 6.45) is 0. The molecule has 10 rings (SSSR count). The van der Waals surface area contributed by atoms with Crippen molar-refractivity contribution in [3.05, 3.63) is 231 Å². The Labute approximate surface area is 339 Å².